The van der Waals surface area contributed by atoms with E-state index in [2.05, 4.69) is 10.3 Å². The Morgan fingerprint density at radius 2 is 2.38 bits per heavy atom. The van der Waals surface area contributed by atoms with Crippen LogP contribution in [0.2, 0.25) is 0 Å². The molecule has 0 spiro atoms. The average molecular weight is 184 g/mol. The third kappa shape index (κ3) is 2.26. The van der Waals surface area contributed by atoms with E-state index in [9.17, 15) is 5.11 Å². The Hall–Kier alpha value is -0.940. The van der Waals surface area contributed by atoms with Gasteiger partial charge in [0, 0.05) is 12.5 Å². The summed E-state index contributed by atoms with van der Waals surface area (Å²) in [5.74, 6) is 0.0157. The first-order valence-electron chi connectivity index (χ1n) is 4.47. The predicted molar refractivity (Wildman–Crippen MR) is 48.9 cm³/mol. The van der Waals surface area contributed by atoms with Gasteiger partial charge in [0.15, 0.2) is 0 Å². The summed E-state index contributed by atoms with van der Waals surface area (Å²) in [5.41, 5.74) is 6.03. The van der Waals surface area contributed by atoms with Gasteiger partial charge in [-0.05, 0) is 13.5 Å². The number of aryl methyl sites for hydroxylation is 1. The van der Waals surface area contributed by atoms with Crippen LogP contribution in [-0.4, -0.2) is 26.6 Å². The number of aliphatic hydroxyl groups is 1. The topological polar surface area (TPSA) is 77.0 Å². The molecule has 0 fully saturated rings. The minimum absolute atomic E-state index is 0.0157. The van der Waals surface area contributed by atoms with Crippen LogP contribution in [0, 0.1) is 5.92 Å². The van der Waals surface area contributed by atoms with Crippen molar-refractivity contribution in [3.63, 3.8) is 0 Å². The third-order valence-electron chi connectivity index (χ3n) is 2.09. The minimum Gasteiger partial charge on any atom is -0.386 e. The van der Waals surface area contributed by atoms with Gasteiger partial charge in [-0.15, -0.1) is 5.10 Å². The van der Waals surface area contributed by atoms with Crippen molar-refractivity contribution in [1.29, 1.82) is 0 Å². The molecule has 0 saturated heterocycles. The fraction of sp³-hybridized carbons (Fsp3) is 0.750. The van der Waals surface area contributed by atoms with Crippen LogP contribution in [-0.2, 0) is 6.54 Å². The highest BCUT2D eigenvalue weighted by atomic mass is 16.3. The molecule has 0 radical (unpaired) electrons. The maximum atomic E-state index is 9.70. The van der Waals surface area contributed by atoms with Gasteiger partial charge >= 0.3 is 0 Å². The largest absolute Gasteiger partial charge is 0.386 e. The van der Waals surface area contributed by atoms with Crippen LogP contribution in [0.25, 0.3) is 0 Å². The number of aromatic nitrogens is 3. The number of nitrogens with zero attached hydrogens (tertiary/aromatic N) is 3. The van der Waals surface area contributed by atoms with E-state index in [-0.39, 0.29) is 5.92 Å². The van der Waals surface area contributed by atoms with E-state index >= 15 is 0 Å². The Morgan fingerprint density at radius 3 is 2.85 bits per heavy atom. The summed E-state index contributed by atoms with van der Waals surface area (Å²) in [7, 11) is 0. The van der Waals surface area contributed by atoms with Crippen LogP contribution >= 0.6 is 0 Å². The lowest BCUT2D eigenvalue weighted by Crippen LogP contribution is -2.19. The summed E-state index contributed by atoms with van der Waals surface area (Å²) in [6.07, 6.45) is 1.14. The molecule has 0 amide bonds. The van der Waals surface area contributed by atoms with Crippen molar-refractivity contribution < 1.29 is 5.11 Å². The molecule has 0 aliphatic rings. The predicted octanol–water partition coefficient (Wildman–Crippen LogP) is -0.0738. The molecule has 1 aromatic rings. The maximum Gasteiger partial charge on any atom is 0.111 e. The second kappa shape index (κ2) is 4.34. The second-order valence-corrected chi connectivity index (χ2v) is 3.16. The van der Waals surface area contributed by atoms with Crippen molar-refractivity contribution in [2.75, 3.05) is 6.54 Å². The number of aliphatic hydroxyl groups excluding tert-OH is 1. The molecule has 0 aliphatic carbocycles. The summed E-state index contributed by atoms with van der Waals surface area (Å²) in [5, 5.41) is 17.4. The van der Waals surface area contributed by atoms with Crippen molar-refractivity contribution in [3.8, 4) is 0 Å². The zero-order valence-corrected chi connectivity index (χ0v) is 8.01. The molecule has 0 saturated carbocycles. The standard InChI is InChI=1S/C8H16N4O/c1-3-12-5-7(10-11-12)8(13)6(2)4-9/h5-6,8,13H,3-4,9H2,1-2H3. The van der Waals surface area contributed by atoms with Gasteiger partial charge in [0.25, 0.3) is 0 Å². The zero-order chi connectivity index (χ0) is 9.84. The Bertz CT molecular complexity index is 260. The summed E-state index contributed by atoms with van der Waals surface area (Å²) in [6, 6.07) is 0. The first-order chi connectivity index (χ1) is 6.19. The Balaban J connectivity index is 2.70. The van der Waals surface area contributed by atoms with Crippen molar-refractivity contribution in [2.45, 2.75) is 26.5 Å². The van der Waals surface area contributed by atoms with E-state index in [1.54, 1.807) is 10.9 Å². The SMILES string of the molecule is CCn1cc(C(O)C(C)CN)nn1. The van der Waals surface area contributed by atoms with E-state index in [0.29, 0.717) is 12.2 Å². The van der Waals surface area contributed by atoms with Gasteiger partial charge in [-0.1, -0.05) is 12.1 Å². The first-order valence-corrected chi connectivity index (χ1v) is 4.47. The quantitative estimate of drug-likeness (QED) is 0.686. The molecule has 3 N–H and O–H groups in total. The van der Waals surface area contributed by atoms with Gasteiger partial charge in [-0.25, -0.2) is 0 Å². The van der Waals surface area contributed by atoms with E-state index in [0.717, 1.165) is 6.54 Å². The lowest BCUT2D eigenvalue weighted by molar-refractivity contribution is 0.117. The molecule has 74 valence electrons. The van der Waals surface area contributed by atoms with Crippen molar-refractivity contribution >= 4 is 0 Å². The van der Waals surface area contributed by atoms with E-state index in [1.165, 1.54) is 0 Å². The molecular weight excluding hydrogens is 168 g/mol. The summed E-state index contributed by atoms with van der Waals surface area (Å²) in [6.45, 7) is 5.06. The lowest BCUT2D eigenvalue weighted by atomic mass is 10.0. The molecule has 0 bridgehead atoms. The number of rotatable bonds is 4. The smallest absolute Gasteiger partial charge is 0.111 e. The summed E-state index contributed by atoms with van der Waals surface area (Å²) >= 11 is 0. The maximum absolute atomic E-state index is 9.70. The highest BCUT2D eigenvalue weighted by Crippen LogP contribution is 2.17. The monoisotopic (exact) mass is 184 g/mol. The third-order valence-corrected chi connectivity index (χ3v) is 2.09. The average Bonchev–Trinajstić information content (AvgIpc) is 2.63. The van der Waals surface area contributed by atoms with Crippen LogP contribution in [0.3, 0.4) is 0 Å². The van der Waals surface area contributed by atoms with E-state index in [4.69, 9.17) is 5.73 Å². The normalized spacial score (nSPS) is 15.7. The molecular formula is C8H16N4O. The molecule has 5 heteroatoms. The van der Waals surface area contributed by atoms with Gasteiger partial charge < -0.3 is 10.8 Å². The van der Waals surface area contributed by atoms with E-state index < -0.39 is 6.10 Å². The van der Waals surface area contributed by atoms with Crippen molar-refractivity contribution in [1.82, 2.24) is 15.0 Å². The Labute approximate surface area is 77.6 Å². The zero-order valence-electron chi connectivity index (χ0n) is 8.01. The second-order valence-electron chi connectivity index (χ2n) is 3.16. The molecule has 2 atom stereocenters. The van der Waals surface area contributed by atoms with Gasteiger partial charge in [0.2, 0.25) is 0 Å². The first kappa shape index (κ1) is 10.1. The molecule has 1 heterocycles. The van der Waals surface area contributed by atoms with Crippen LogP contribution in [0.4, 0.5) is 0 Å². The fourth-order valence-corrected chi connectivity index (χ4v) is 1.02. The minimum atomic E-state index is -0.606. The van der Waals surface area contributed by atoms with Crippen molar-refractivity contribution in [3.05, 3.63) is 11.9 Å². The van der Waals surface area contributed by atoms with Crippen LogP contribution in [0.1, 0.15) is 25.6 Å². The van der Waals surface area contributed by atoms with Crippen molar-refractivity contribution in [2.24, 2.45) is 11.7 Å². The highest BCUT2D eigenvalue weighted by Gasteiger charge is 2.17. The summed E-state index contributed by atoms with van der Waals surface area (Å²) in [4.78, 5) is 0. The molecule has 0 aliphatic heterocycles. The van der Waals surface area contributed by atoms with Gasteiger partial charge in [0.05, 0.1) is 6.20 Å². The molecule has 1 rings (SSSR count). The number of hydrogen-bond donors (Lipinski definition) is 2. The van der Waals surface area contributed by atoms with Gasteiger partial charge in [-0.2, -0.15) is 0 Å². The Kier molecular flexibility index (Phi) is 3.39. The van der Waals surface area contributed by atoms with Gasteiger partial charge in [-0.3, -0.25) is 4.68 Å². The molecule has 13 heavy (non-hydrogen) atoms. The van der Waals surface area contributed by atoms with Crippen LogP contribution in [0.5, 0.6) is 0 Å². The van der Waals surface area contributed by atoms with Gasteiger partial charge in [0.1, 0.15) is 11.8 Å². The fourth-order valence-electron chi connectivity index (χ4n) is 1.02. The van der Waals surface area contributed by atoms with Crippen LogP contribution < -0.4 is 5.73 Å². The van der Waals surface area contributed by atoms with E-state index in [1.807, 2.05) is 13.8 Å². The van der Waals surface area contributed by atoms with Crippen LogP contribution in [0.15, 0.2) is 6.20 Å². The molecule has 1 aromatic heterocycles. The molecule has 2 unspecified atom stereocenters. The highest BCUT2D eigenvalue weighted by molar-refractivity contribution is 4.98. The number of hydrogen-bond acceptors (Lipinski definition) is 4. The number of nitrogens with two attached hydrogens (primary N) is 1. The molecule has 0 aromatic carbocycles. The molecule has 5 nitrogen and oxygen atoms in total. The summed E-state index contributed by atoms with van der Waals surface area (Å²) < 4.78 is 1.68. The Morgan fingerprint density at radius 1 is 1.69 bits per heavy atom. The lowest BCUT2D eigenvalue weighted by Gasteiger charge is -2.13.